The summed E-state index contributed by atoms with van der Waals surface area (Å²) in [4.78, 5) is 5.10. The number of nitrogens with zero attached hydrogens (tertiary/aromatic N) is 1. The Kier molecular flexibility index (Phi) is 1.97. The molecule has 58 valence electrons. The molecule has 2 nitrogen and oxygen atoms in total. The fraction of sp³-hybridized carbons (Fsp3) is 0.875. The van der Waals surface area contributed by atoms with Crippen LogP contribution in [-0.4, -0.2) is 12.3 Å². The predicted molar refractivity (Wildman–Crippen MR) is 42.1 cm³/mol. The lowest BCUT2D eigenvalue weighted by atomic mass is 9.88. The Balaban J connectivity index is 2.26. The SMILES string of the molecule is CC(C)(C)CC1CC=NO1. The molecule has 0 spiro atoms. The van der Waals surface area contributed by atoms with E-state index in [1.165, 1.54) is 0 Å². The number of rotatable bonds is 1. The van der Waals surface area contributed by atoms with E-state index >= 15 is 0 Å². The Bertz CT molecular complexity index is 127. The summed E-state index contributed by atoms with van der Waals surface area (Å²) < 4.78 is 0. The fourth-order valence-electron chi connectivity index (χ4n) is 1.14. The molecule has 1 heterocycles. The Morgan fingerprint density at radius 2 is 2.30 bits per heavy atom. The molecule has 1 rings (SSSR count). The van der Waals surface area contributed by atoms with Crippen molar-refractivity contribution in [3.8, 4) is 0 Å². The van der Waals surface area contributed by atoms with E-state index in [-0.39, 0.29) is 0 Å². The summed E-state index contributed by atoms with van der Waals surface area (Å²) in [5, 5.41) is 3.72. The van der Waals surface area contributed by atoms with E-state index in [4.69, 9.17) is 4.84 Å². The molecule has 0 N–H and O–H groups in total. The predicted octanol–water partition coefficient (Wildman–Crippen LogP) is 2.20. The van der Waals surface area contributed by atoms with Crippen molar-refractivity contribution in [2.45, 2.75) is 39.7 Å². The zero-order chi connectivity index (χ0) is 7.61. The van der Waals surface area contributed by atoms with E-state index in [0.717, 1.165) is 12.8 Å². The van der Waals surface area contributed by atoms with Gasteiger partial charge in [-0.05, 0) is 11.8 Å². The number of oxime groups is 1. The first-order chi connectivity index (χ1) is 4.58. The minimum Gasteiger partial charge on any atom is -0.392 e. The highest BCUT2D eigenvalue weighted by Gasteiger charge is 2.21. The van der Waals surface area contributed by atoms with Gasteiger partial charge in [0, 0.05) is 12.6 Å². The molecule has 0 fully saturated rings. The maximum Gasteiger partial charge on any atom is 0.133 e. The Morgan fingerprint density at radius 3 is 2.70 bits per heavy atom. The molecule has 1 unspecified atom stereocenters. The lowest BCUT2D eigenvalue weighted by Crippen LogP contribution is -2.16. The van der Waals surface area contributed by atoms with Gasteiger partial charge in [0.1, 0.15) is 6.10 Å². The minimum absolute atomic E-state index is 0.333. The highest BCUT2D eigenvalue weighted by molar-refractivity contribution is 5.58. The maximum atomic E-state index is 5.10. The van der Waals surface area contributed by atoms with Crippen molar-refractivity contribution in [3.05, 3.63) is 0 Å². The zero-order valence-electron chi connectivity index (χ0n) is 6.92. The molecular formula is C8H15NO. The molecule has 0 saturated heterocycles. The van der Waals surface area contributed by atoms with E-state index in [2.05, 4.69) is 25.9 Å². The topological polar surface area (TPSA) is 21.6 Å². The van der Waals surface area contributed by atoms with Crippen LogP contribution in [0.2, 0.25) is 0 Å². The Morgan fingerprint density at radius 1 is 1.60 bits per heavy atom. The third-order valence-electron chi connectivity index (χ3n) is 1.49. The second-order valence-corrected chi connectivity index (χ2v) is 4.02. The summed E-state index contributed by atoms with van der Waals surface area (Å²) in [5.41, 5.74) is 0.359. The molecule has 0 radical (unpaired) electrons. The average Bonchev–Trinajstić information content (AvgIpc) is 2.12. The Hall–Kier alpha value is -0.530. The van der Waals surface area contributed by atoms with E-state index in [0.29, 0.717) is 11.5 Å². The molecule has 1 aliphatic heterocycles. The van der Waals surface area contributed by atoms with Gasteiger partial charge in [0.15, 0.2) is 0 Å². The van der Waals surface area contributed by atoms with Crippen molar-refractivity contribution in [3.63, 3.8) is 0 Å². The van der Waals surface area contributed by atoms with Crippen LogP contribution in [0.3, 0.4) is 0 Å². The monoisotopic (exact) mass is 141 g/mol. The lowest BCUT2D eigenvalue weighted by Gasteiger charge is -2.20. The molecule has 1 atom stereocenters. The van der Waals surface area contributed by atoms with Crippen LogP contribution in [-0.2, 0) is 4.84 Å². The van der Waals surface area contributed by atoms with Crippen LogP contribution in [0.5, 0.6) is 0 Å². The van der Waals surface area contributed by atoms with Crippen molar-refractivity contribution in [2.75, 3.05) is 0 Å². The second-order valence-electron chi connectivity index (χ2n) is 4.02. The second kappa shape index (κ2) is 2.60. The van der Waals surface area contributed by atoms with Gasteiger partial charge in [0.05, 0.1) is 0 Å². The van der Waals surface area contributed by atoms with Gasteiger partial charge in [-0.25, -0.2) is 0 Å². The smallest absolute Gasteiger partial charge is 0.133 e. The van der Waals surface area contributed by atoms with E-state index < -0.39 is 0 Å². The summed E-state index contributed by atoms with van der Waals surface area (Å²) in [5.74, 6) is 0. The third-order valence-corrected chi connectivity index (χ3v) is 1.49. The molecule has 0 aromatic rings. The van der Waals surface area contributed by atoms with Crippen molar-refractivity contribution in [1.29, 1.82) is 0 Å². The van der Waals surface area contributed by atoms with Crippen LogP contribution < -0.4 is 0 Å². The zero-order valence-corrected chi connectivity index (χ0v) is 6.92. The van der Waals surface area contributed by atoms with Crippen LogP contribution >= 0.6 is 0 Å². The van der Waals surface area contributed by atoms with Gasteiger partial charge in [0.25, 0.3) is 0 Å². The molecule has 0 amide bonds. The molecule has 0 aliphatic carbocycles. The van der Waals surface area contributed by atoms with E-state index in [1.807, 2.05) is 6.21 Å². The highest BCUT2D eigenvalue weighted by atomic mass is 16.6. The van der Waals surface area contributed by atoms with Gasteiger partial charge in [0.2, 0.25) is 0 Å². The van der Waals surface area contributed by atoms with Gasteiger partial charge in [-0.15, -0.1) is 0 Å². The normalized spacial score (nSPS) is 24.9. The largest absolute Gasteiger partial charge is 0.392 e. The summed E-state index contributed by atoms with van der Waals surface area (Å²) in [6.07, 6.45) is 4.25. The van der Waals surface area contributed by atoms with Crippen LogP contribution in [0.15, 0.2) is 5.16 Å². The molecule has 0 aromatic carbocycles. The Labute approximate surface area is 62.3 Å². The van der Waals surface area contributed by atoms with Gasteiger partial charge in [-0.2, -0.15) is 0 Å². The summed E-state index contributed by atoms with van der Waals surface area (Å²) in [6.45, 7) is 6.65. The first kappa shape index (κ1) is 7.58. The lowest BCUT2D eigenvalue weighted by molar-refractivity contribution is 0.0541. The van der Waals surface area contributed by atoms with Crippen molar-refractivity contribution < 1.29 is 4.84 Å². The van der Waals surface area contributed by atoms with E-state index in [1.54, 1.807) is 0 Å². The molecule has 1 aliphatic rings. The standard InChI is InChI=1S/C8H15NO/c1-8(2,3)6-7-4-5-9-10-7/h5,7H,4,6H2,1-3H3. The van der Waals surface area contributed by atoms with Gasteiger partial charge in [-0.1, -0.05) is 25.9 Å². The molecule has 10 heavy (non-hydrogen) atoms. The molecule has 0 saturated carbocycles. The number of hydrogen-bond donors (Lipinski definition) is 0. The van der Waals surface area contributed by atoms with Crippen LogP contribution in [0.25, 0.3) is 0 Å². The fourth-order valence-corrected chi connectivity index (χ4v) is 1.14. The quantitative estimate of drug-likeness (QED) is 0.548. The van der Waals surface area contributed by atoms with Crippen molar-refractivity contribution in [1.82, 2.24) is 0 Å². The minimum atomic E-state index is 0.333. The van der Waals surface area contributed by atoms with Crippen LogP contribution in [0.4, 0.5) is 0 Å². The summed E-state index contributed by atoms with van der Waals surface area (Å²) in [6, 6.07) is 0. The van der Waals surface area contributed by atoms with Crippen LogP contribution in [0, 0.1) is 5.41 Å². The maximum absolute atomic E-state index is 5.10. The first-order valence-corrected chi connectivity index (χ1v) is 3.75. The number of hydrogen-bond acceptors (Lipinski definition) is 2. The van der Waals surface area contributed by atoms with Crippen LogP contribution in [0.1, 0.15) is 33.6 Å². The summed E-state index contributed by atoms with van der Waals surface area (Å²) >= 11 is 0. The van der Waals surface area contributed by atoms with Gasteiger partial charge >= 0.3 is 0 Å². The van der Waals surface area contributed by atoms with Gasteiger partial charge in [-0.3, -0.25) is 0 Å². The molecule has 2 heteroatoms. The van der Waals surface area contributed by atoms with Crippen molar-refractivity contribution >= 4 is 6.21 Å². The highest BCUT2D eigenvalue weighted by Crippen LogP contribution is 2.25. The third kappa shape index (κ3) is 2.38. The van der Waals surface area contributed by atoms with E-state index in [9.17, 15) is 0 Å². The molecule has 0 aromatic heterocycles. The van der Waals surface area contributed by atoms with Crippen molar-refractivity contribution in [2.24, 2.45) is 10.6 Å². The average molecular weight is 141 g/mol. The first-order valence-electron chi connectivity index (χ1n) is 3.75. The molecular weight excluding hydrogens is 126 g/mol. The van der Waals surface area contributed by atoms with Gasteiger partial charge < -0.3 is 4.84 Å². The molecule has 0 bridgehead atoms. The summed E-state index contributed by atoms with van der Waals surface area (Å²) in [7, 11) is 0.